The number of phosphoric ester groups is 1. The monoisotopic (exact) mass is 550 g/mol. The topological polar surface area (TPSA) is 272 Å². The van der Waals surface area contributed by atoms with Gasteiger partial charge < -0.3 is 34.5 Å². The Morgan fingerprint density at radius 3 is 2.50 bits per heavy atom. The second-order valence-electron chi connectivity index (χ2n) is 6.78. The van der Waals surface area contributed by atoms with Crippen molar-refractivity contribution in [3.05, 3.63) is 22.7 Å². The highest BCUT2D eigenvalue weighted by molar-refractivity contribution is 7.66. The van der Waals surface area contributed by atoms with E-state index in [-0.39, 0.29) is 6.42 Å². The van der Waals surface area contributed by atoms with Gasteiger partial charge in [-0.15, -0.1) is 0 Å². The van der Waals surface area contributed by atoms with Crippen LogP contribution in [-0.2, 0) is 36.4 Å². The molecule has 22 heteroatoms. The number of nitrogens with one attached hydrogen (secondary N) is 1. The highest BCUT2D eigenvalue weighted by Crippen LogP contribution is 2.66. The summed E-state index contributed by atoms with van der Waals surface area (Å²) in [6.45, 7) is 2.43. The van der Waals surface area contributed by atoms with Crippen LogP contribution in [0.1, 0.15) is 20.3 Å². The second-order valence-corrected chi connectivity index (χ2v) is 11.2. The largest absolute Gasteiger partial charge is 0.490 e. The number of ether oxygens (including phenoxy) is 1. The minimum Gasteiger partial charge on any atom is -0.389 e. The zero-order valence-corrected chi connectivity index (χ0v) is 20.1. The summed E-state index contributed by atoms with van der Waals surface area (Å²) < 4.78 is 51.6. The first-order chi connectivity index (χ1) is 15.6. The predicted molar refractivity (Wildman–Crippen MR) is 109 cm³/mol. The van der Waals surface area contributed by atoms with E-state index in [4.69, 9.17) is 24.9 Å². The second kappa shape index (κ2) is 11.3. The van der Waals surface area contributed by atoms with Crippen LogP contribution in [0.3, 0.4) is 0 Å². The van der Waals surface area contributed by atoms with E-state index >= 15 is 0 Å². The van der Waals surface area contributed by atoms with Crippen LogP contribution in [0.25, 0.3) is 10.4 Å². The number of rotatable bonds is 11. The zero-order valence-electron chi connectivity index (χ0n) is 17.4. The summed E-state index contributed by atoms with van der Waals surface area (Å²) in [5, 5.41) is 9.49. The van der Waals surface area contributed by atoms with E-state index in [1.165, 1.54) is 12.3 Å². The lowest BCUT2D eigenvalue weighted by Crippen LogP contribution is -2.49. The number of oxime groups is 1. The minimum absolute atomic E-state index is 0.00878. The van der Waals surface area contributed by atoms with Crippen molar-refractivity contribution >= 4 is 35.2 Å². The fraction of sp³-hybridized carbons (Fsp3) is 0.667. The molecule has 0 aromatic rings. The highest BCUT2D eigenvalue weighted by Gasteiger charge is 2.45. The van der Waals surface area contributed by atoms with Crippen LogP contribution in [0.5, 0.6) is 0 Å². The van der Waals surface area contributed by atoms with E-state index in [0.717, 1.165) is 4.90 Å². The zero-order chi connectivity index (χ0) is 25.7. The van der Waals surface area contributed by atoms with E-state index in [1.807, 2.05) is 0 Å². The first-order valence-electron chi connectivity index (χ1n) is 9.03. The first-order valence-corrected chi connectivity index (χ1v) is 13.5. The molecule has 0 saturated carbocycles. The third-order valence-electron chi connectivity index (χ3n) is 3.79. The summed E-state index contributed by atoms with van der Waals surface area (Å²) in [7, 11) is -16.6. The van der Waals surface area contributed by atoms with Gasteiger partial charge in [-0.2, -0.15) is 8.62 Å². The molecule has 0 radical (unpaired) electrons. The highest BCUT2D eigenvalue weighted by atomic mass is 31.3. The molecule has 3 unspecified atom stereocenters. The van der Waals surface area contributed by atoms with Crippen LogP contribution in [-0.4, -0.2) is 67.4 Å². The Morgan fingerprint density at radius 2 is 1.94 bits per heavy atom. The molecule has 0 spiro atoms. The van der Waals surface area contributed by atoms with Crippen molar-refractivity contribution in [1.29, 1.82) is 0 Å². The van der Waals surface area contributed by atoms with Crippen molar-refractivity contribution in [3.63, 3.8) is 0 Å². The molecule has 1 saturated heterocycles. The Hall–Kier alpha value is -1.84. The lowest BCUT2D eigenvalue weighted by atomic mass is 10.2. The van der Waals surface area contributed by atoms with Crippen LogP contribution >= 0.6 is 23.5 Å². The van der Waals surface area contributed by atoms with Crippen molar-refractivity contribution in [1.82, 2.24) is 10.2 Å². The van der Waals surface area contributed by atoms with E-state index < -0.39 is 60.7 Å². The molecule has 0 aliphatic carbocycles. The fourth-order valence-electron chi connectivity index (χ4n) is 2.62. The number of hydrogen-bond donors (Lipinski definition) is 5. The molecular formula is C12H21N6O13P3. The maximum absolute atomic E-state index is 12.3. The van der Waals surface area contributed by atoms with Crippen LogP contribution in [0.2, 0.25) is 0 Å². The van der Waals surface area contributed by atoms with Gasteiger partial charge in [-0.3, -0.25) is 9.42 Å². The van der Waals surface area contributed by atoms with Gasteiger partial charge in [0, 0.05) is 17.5 Å². The average molecular weight is 550 g/mol. The van der Waals surface area contributed by atoms with Gasteiger partial charge in [0.1, 0.15) is 18.5 Å². The van der Waals surface area contributed by atoms with Crippen molar-refractivity contribution in [2.45, 2.75) is 44.9 Å². The molecule has 34 heavy (non-hydrogen) atoms. The molecule has 5 N–H and O–H groups in total. The van der Waals surface area contributed by atoms with Crippen LogP contribution in [0.15, 0.2) is 22.5 Å². The third kappa shape index (κ3) is 9.07. The molecule has 2 heterocycles. The normalized spacial score (nSPS) is 28.3. The molecule has 0 aromatic carbocycles. The molecule has 2 rings (SSSR count). The Morgan fingerprint density at radius 1 is 1.26 bits per heavy atom. The maximum atomic E-state index is 12.3. The van der Waals surface area contributed by atoms with E-state index in [2.05, 4.69) is 33.6 Å². The lowest BCUT2D eigenvalue weighted by Gasteiger charge is -2.29. The van der Waals surface area contributed by atoms with Crippen LogP contribution < -0.4 is 5.32 Å². The number of carbonyl (C=O) groups excluding carboxylic acids is 1. The van der Waals surface area contributed by atoms with Gasteiger partial charge in [0.2, 0.25) is 0 Å². The Labute approximate surface area is 191 Å². The Balaban J connectivity index is 2.10. The molecule has 6 atom stereocenters. The summed E-state index contributed by atoms with van der Waals surface area (Å²) in [4.78, 5) is 57.3. The van der Waals surface area contributed by atoms with Crippen molar-refractivity contribution in [3.8, 4) is 0 Å². The first kappa shape index (κ1) is 28.4. The van der Waals surface area contributed by atoms with Crippen LogP contribution in [0, 0.1) is 0 Å². The average Bonchev–Trinajstić information content (AvgIpc) is 3.05. The molecule has 19 nitrogen and oxygen atoms in total. The summed E-state index contributed by atoms with van der Waals surface area (Å²) in [5.74, 6) is 0. The summed E-state index contributed by atoms with van der Waals surface area (Å²) in [6.07, 6.45) is -1.37. The maximum Gasteiger partial charge on any atom is 0.490 e. The molecule has 1 fully saturated rings. The molecule has 192 valence electrons. The fourth-order valence-corrected chi connectivity index (χ4v) is 5.65. The molecule has 0 aromatic heterocycles. The third-order valence-corrected chi connectivity index (χ3v) is 7.59. The van der Waals surface area contributed by atoms with Crippen molar-refractivity contribution in [2.75, 3.05) is 6.61 Å². The van der Waals surface area contributed by atoms with E-state index in [1.54, 1.807) is 13.8 Å². The molecule has 0 bridgehead atoms. The summed E-state index contributed by atoms with van der Waals surface area (Å²) in [6, 6.07) is -0.688. The number of azide groups is 1. The number of hydrogen-bond acceptors (Lipinski definition) is 11. The van der Waals surface area contributed by atoms with Gasteiger partial charge in [0.25, 0.3) is 0 Å². The van der Waals surface area contributed by atoms with Gasteiger partial charge in [-0.25, -0.2) is 18.5 Å². The summed E-state index contributed by atoms with van der Waals surface area (Å²) >= 11 is 0. The lowest BCUT2D eigenvalue weighted by molar-refractivity contribution is -0.0659. The van der Waals surface area contributed by atoms with Crippen molar-refractivity contribution in [2.24, 2.45) is 10.3 Å². The summed E-state index contributed by atoms with van der Waals surface area (Å²) in [5.41, 5.74) is 8.97. The molecule has 2 aliphatic heterocycles. The number of urea groups is 1. The van der Waals surface area contributed by atoms with Crippen LogP contribution in [0.4, 0.5) is 4.79 Å². The molecule has 2 aliphatic rings. The smallest absolute Gasteiger partial charge is 0.389 e. The number of phosphoric acid groups is 3. The van der Waals surface area contributed by atoms with E-state index in [9.17, 15) is 28.3 Å². The minimum atomic E-state index is -5.69. The molecule has 2 amide bonds. The standard InChI is InChI=1S/C12H21N6O13P3/c1-7(2)16-29-8-5-11(18-4-3-10(15-17-13)14-12(18)19)28-9(8)6-27-33(23,24)31-34(25,26)30-32(20,21)22/h3-4,8-11H,5-6H2,1-2H3,(H,14,19)(H,23,24)(H,25,26)(H2,20,21,22)/t8-,9-,10?,11-/m1/s1. The quantitative estimate of drug-likeness (QED) is 0.0608. The van der Waals surface area contributed by atoms with E-state index in [0.29, 0.717) is 5.71 Å². The Bertz CT molecular complexity index is 1020. The van der Waals surface area contributed by atoms with Gasteiger partial charge in [0.05, 0.1) is 12.3 Å². The van der Waals surface area contributed by atoms with Gasteiger partial charge in [-0.05, 0) is 25.5 Å². The molecular weight excluding hydrogens is 529 g/mol. The number of nitrogens with zero attached hydrogens (tertiary/aromatic N) is 5. The van der Waals surface area contributed by atoms with Gasteiger partial charge in [0.15, 0.2) is 6.10 Å². The van der Waals surface area contributed by atoms with Crippen molar-refractivity contribution < 1.29 is 60.8 Å². The van der Waals surface area contributed by atoms with Gasteiger partial charge >= 0.3 is 29.5 Å². The van der Waals surface area contributed by atoms with Gasteiger partial charge in [-0.1, -0.05) is 10.3 Å². The number of carbonyl (C=O) groups is 1. The number of amides is 2. The Kier molecular flexibility index (Phi) is 9.41. The predicted octanol–water partition coefficient (Wildman–Crippen LogP) is 1.40. The SMILES string of the molecule is CC(C)=NO[C@@H]1C[C@H](N2C=CC(N=[N+]=[N-])NC2=O)O[C@@H]1COP(=O)(O)OP(=O)(O)OP(=O)(O)O.